The first kappa shape index (κ1) is 20.4. The van der Waals surface area contributed by atoms with E-state index in [-0.39, 0.29) is 0 Å². The molecule has 24 heavy (non-hydrogen) atoms. The Bertz CT molecular complexity index is 576. The quantitative estimate of drug-likeness (QED) is 0.552. The van der Waals surface area contributed by atoms with E-state index >= 15 is 0 Å². The number of halogens is 9. The van der Waals surface area contributed by atoms with Gasteiger partial charge in [0, 0.05) is 0 Å². The summed E-state index contributed by atoms with van der Waals surface area (Å²) in [4.78, 5) is 0. The molecule has 0 bridgehead atoms. The average Bonchev–Trinajstić information content (AvgIpc) is 2.29. The summed E-state index contributed by atoms with van der Waals surface area (Å²) in [6.07, 6.45) is -12.1. The molecule has 0 aliphatic rings. The minimum absolute atomic E-state index is 2.50. The molecule has 0 radical (unpaired) electrons. The molecule has 0 saturated carbocycles. The van der Waals surface area contributed by atoms with Gasteiger partial charge >= 0.3 is 27.0 Å². The van der Waals surface area contributed by atoms with Gasteiger partial charge in [0.15, 0.2) is 23.2 Å². The second kappa shape index (κ2) is 6.70. The van der Waals surface area contributed by atoms with E-state index < -0.39 is 61.3 Å². The third kappa shape index (κ3) is 4.25. The van der Waals surface area contributed by atoms with Crippen LogP contribution in [0, 0.1) is 17.5 Å². The molecule has 0 heterocycles. The standard InChI is InChI=1S/C8H3B2F9O5/c11-3-1(7(14,15)16)4(12)6(23-10(22)24-9(20)21)5(13)2(3)8(17,18)19/h20-22H. The summed E-state index contributed by atoms with van der Waals surface area (Å²) in [5, 5.41) is 25.3. The van der Waals surface area contributed by atoms with Crippen LogP contribution in [0.15, 0.2) is 0 Å². The summed E-state index contributed by atoms with van der Waals surface area (Å²) in [6.45, 7) is 0. The zero-order valence-corrected chi connectivity index (χ0v) is 10.7. The molecule has 0 unspecified atom stereocenters. The normalized spacial score (nSPS) is 12.3. The molecule has 0 fully saturated rings. The van der Waals surface area contributed by atoms with E-state index in [1.807, 2.05) is 0 Å². The lowest BCUT2D eigenvalue weighted by molar-refractivity contribution is -0.151. The molecule has 3 N–H and O–H groups in total. The van der Waals surface area contributed by atoms with Crippen LogP contribution in [0.5, 0.6) is 5.75 Å². The fraction of sp³-hybridized carbons (Fsp3) is 0.250. The summed E-state index contributed by atoms with van der Waals surface area (Å²) in [5.41, 5.74) is -6.27. The highest BCUT2D eigenvalue weighted by atomic mass is 19.4. The second-order valence-electron chi connectivity index (χ2n) is 3.90. The van der Waals surface area contributed by atoms with Gasteiger partial charge in [0.25, 0.3) is 0 Å². The van der Waals surface area contributed by atoms with Crippen molar-refractivity contribution in [2.75, 3.05) is 0 Å². The van der Waals surface area contributed by atoms with Crippen molar-refractivity contribution in [1.82, 2.24) is 0 Å². The Hall–Kier alpha value is -1.64. The first-order valence-electron chi connectivity index (χ1n) is 5.39. The lowest BCUT2D eigenvalue weighted by Gasteiger charge is -2.19. The van der Waals surface area contributed by atoms with Crippen molar-refractivity contribution in [1.29, 1.82) is 0 Å². The predicted molar refractivity (Wildman–Crippen MR) is 56.2 cm³/mol. The second-order valence-corrected chi connectivity index (χ2v) is 3.90. The Kier molecular flexibility index (Phi) is 5.69. The molecule has 0 aliphatic heterocycles. The molecule has 1 aromatic rings. The van der Waals surface area contributed by atoms with Crippen LogP contribution in [-0.4, -0.2) is 29.7 Å². The minimum Gasteiger partial charge on any atom is -0.508 e. The Morgan fingerprint density at radius 2 is 1.08 bits per heavy atom. The topological polar surface area (TPSA) is 79.2 Å². The van der Waals surface area contributed by atoms with Crippen LogP contribution in [0.4, 0.5) is 39.5 Å². The molecule has 0 aromatic heterocycles. The smallest absolute Gasteiger partial charge is 0.508 e. The average molecular weight is 372 g/mol. The van der Waals surface area contributed by atoms with Crippen molar-refractivity contribution in [3.05, 3.63) is 28.6 Å². The Morgan fingerprint density at radius 3 is 1.38 bits per heavy atom. The zero-order chi connectivity index (χ0) is 19.0. The third-order valence-electron chi connectivity index (χ3n) is 2.30. The van der Waals surface area contributed by atoms with Gasteiger partial charge in [0.2, 0.25) is 0 Å². The molecular formula is C8H3B2F9O5. The van der Waals surface area contributed by atoms with Gasteiger partial charge in [-0.15, -0.1) is 0 Å². The molecule has 16 heteroatoms. The summed E-state index contributed by atoms with van der Waals surface area (Å²) in [5.74, 6) is -11.7. The van der Waals surface area contributed by atoms with Crippen molar-refractivity contribution in [3.8, 4) is 5.75 Å². The van der Waals surface area contributed by atoms with E-state index in [0.717, 1.165) is 0 Å². The molecule has 1 aromatic carbocycles. The minimum atomic E-state index is -6.03. The van der Waals surface area contributed by atoms with Gasteiger partial charge in [0.1, 0.15) is 11.1 Å². The highest BCUT2D eigenvalue weighted by Crippen LogP contribution is 2.45. The van der Waals surface area contributed by atoms with Crippen LogP contribution in [0.1, 0.15) is 11.1 Å². The predicted octanol–water partition coefficient (Wildman–Crippen LogP) is 1.48. The van der Waals surface area contributed by atoms with Crippen molar-refractivity contribution < 1.29 is 63.8 Å². The fourth-order valence-corrected chi connectivity index (χ4v) is 1.48. The van der Waals surface area contributed by atoms with Crippen molar-refractivity contribution in [2.24, 2.45) is 0 Å². The molecule has 0 atom stereocenters. The maximum Gasteiger partial charge on any atom is 0.698 e. The van der Waals surface area contributed by atoms with E-state index in [0.29, 0.717) is 0 Å². The largest absolute Gasteiger partial charge is 0.698 e. The van der Waals surface area contributed by atoms with Gasteiger partial charge < -0.3 is 24.3 Å². The van der Waals surface area contributed by atoms with Gasteiger partial charge in [-0.1, -0.05) is 0 Å². The first-order valence-corrected chi connectivity index (χ1v) is 5.39. The molecule has 0 aliphatic carbocycles. The van der Waals surface area contributed by atoms with Crippen molar-refractivity contribution >= 4 is 14.6 Å². The van der Waals surface area contributed by atoms with Crippen molar-refractivity contribution in [3.63, 3.8) is 0 Å². The molecule has 0 spiro atoms. The van der Waals surface area contributed by atoms with Gasteiger partial charge in [-0.2, -0.15) is 26.3 Å². The van der Waals surface area contributed by atoms with E-state index in [1.165, 1.54) is 0 Å². The number of alkyl halides is 6. The van der Waals surface area contributed by atoms with Gasteiger partial charge in [-0.25, -0.2) is 13.2 Å². The number of benzene rings is 1. The highest BCUT2D eigenvalue weighted by molar-refractivity contribution is 6.49. The Morgan fingerprint density at radius 1 is 0.708 bits per heavy atom. The lowest BCUT2D eigenvalue weighted by atomic mass is 10.0. The molecule has 134 valence electrons. The van der Waals surface area contributed by atoms with Crippen molar-refractivity contribution in [2.45, 2.75) is 12.4 Å². The van der Waals surface area contributed by atoms with E-state index in [4.69, 9.17) is 15.1 Å². The third-order valence-corrected chi connectivity index (χ3v) is 2.30. The zero-order valence-electron chi connectivity index (χ0n) is 10.7. The van der Waals surface area contributed by atoms with Crippen LogP contribution in [0.2, 0.25) is 0 Å². The monoisotopic (exact) mass is 372 g/mol. The summed E-state index contributed by atoms with van der Waals surface area (Å²) in [7, 11) is -5.96. The summed E-state index contributed by atoms with van der Waals surface area (Å²) in [6, 6.07) is 0. The molecule has 0 amide bonds. The number of hydrogen-bond donors (Lipinski definition) is 3. The molecule has 5 nitrogen and oxygen atoms in total. The van der Waals surface area contributed by atoms with E-state index in [2.05, 4.69) is 9.23 Å². The Balaban J connectivity index is 3.65. The maximum absolute atomic E-state index is 13.6. The van der Waals surface area contributed by atoms with Crippen LogP contribution >= 0.6 is 0 Å². The van der Waals surface area contributed by atoms with Crippen LogP contribution in [0.25, 0.3) is 0 Å². The fourth-order valence-electron chi connectivity index (χ4n) is 1.48. The summed E-state index contributed by atoms with van der Waals surface area (Å²) < 4.78 is 123. The molecule has 1 rings (SSSR count). The van der Waals surface area contributed by atoms with Crippen LogP contribution in [0.3, 0.4) is 0 Å². The maximum atomic E-state index is 13.6. The first-order chi connectivity index (χ1) is 10.7. The van der Waals surface area contributed by atoms with E-state index in [9.17, 15) is 39.5 Å². The van der Waals surface area contributed by atoms with Crippen LogP contribution in [-0.2, 0) is 16.9 Å². The van der Waals surface area contributed by atoms with E-state index in [1.54, 1.807) is 0 Å². The number of rotatable bonds is 4. The van der Waals surface area contributed by atoms with Crippen LogP contribution < -0.4 is 4.65 Å². The summed E-state index contributed by atoms with van der Waals surface area (Å²) >= 11 is 0. The van der Waals surface area contributed by atoms with Gasteiger partial charge in [-0.05, 0) is 0 Å². The van der Waals surface area contributed by atoms with Gasteiger partial charge in [-0.3, -0.25) is 0 Å². The lowest BCUT2D eigenvalue weighted by Crippen LogP contribution is -2.35. The van der Waals surface area contributed by atoms with Gasteiger partial charge in [0.05, 0.1) is 0 Å². The highest BCUT2D eigenvalue weighted by Gasteiger charge is 2.49. The number of hydrogen-bond acceptors (Lipinski definition) is 5. The molecule has 0 saturated heterocycles. The molecular weight excluding hydrogens is 369 g/mol. The SMILES string of the molecule is OB(O)OB(O)Oc1c(F)c(C(F)(F)F)c(F)c(C(F)(F)F)c1F. The Labute approximate surface area is 126 Å².